The van der Waals surface area contributed by atoms with E-state index in [9.17, 15) is 27.9 Å². The molecule has 0 saturated carbocycles. The number of anilines is 1. The maximum absolute atomic E-state index is 14.2. The fraction of sp³-hybridized carbons (Fsp3) is 0.412. The van der Waals surface area contributed by atoms with Crippen LogP contribution >= 0.6 is 0 Å². The van der Waals surface area contributed by atoms with Gasteiger partial charge in [-0.1, -0.05) is 65.0 Å². The Morgan fingerprint density at radius 2 is 1.60 bits per heavy atom. The molecule has 0 fully saturated rings. The number of aliphatic hydroxyl groups is 1. The number of aliphatic hydroxyl groups excluding tert-OH is 1. The number of aromatic nitrogens is 1. The zero-order valence-electron chi connectivity index (χ0n) is 27.6. The molecular weight excluding hydrogens is 620 g/mol. The standard InChI is InChI=1S/C34H46N6O6S/c1-24(2)20-40(47(45,46)29-15-13-27(35)14-16-29)23-28(41)22-39(21-25-10-7-6-8-11-25)33(44)31(34(3,4)5)38-30(42)19-37-32(43)26-12-9-17-36-18-26/h6-18,24,28,31,41H,19-23,35H2,1-5H3,(H,37,43)(H,38,42). The second-order valence-corrected chi connectivity index (χ2v) is 14.9. The maximum Gasteiger partial charge on any atom is 0.253 e. The summed E-state index contributed by atoms with van der Waals surface area (Å²) in [5.41, 5.74) is 6.49. The fourth-order valence-corrected chi connectivity index (χ4v) is 6.49. The molecule has 1 heterocycles. The number of nitrogens with two attached hydrogens (primary N) is 1. The number of carbonyl (C=O) groups is 3. The Bertz CT molecular complexity index is 1580. The average molecular weight is 667 g/mol. The van der Waals surface area contributed by atoms with Gasteiger partial charge >= 0.3 is 0 Å². The highest BCUT2D eigenvalue weighted by Crippen LogP contribution is 2.23. The highest BCUT2D eigenvalue weighted by atomic mass is 32.2. The first-order chi connectivity index (χ1) is 22.1. The molecule has 0 aliphatic heterocycles. The van der Waals surface area contributed by atoms with E-state index in [2.05, 4.69) is 15.6 Å². The third kappa shape index (κ3) is 11.2. The SMILES string of the molecule is CC(C)CN(CC(O)CN(Cc1ccccc1)C(=O)C(NC(=O)CNC(=O)c1cccnc1)C(C)(C)C)S(=O)(=O)c1ccc(N)cc1. The van der Waals surface area contributed by atoms with Crippen LogP contribution in [0, 0.1) is 11.3 Å². The van der Waals surface area contributed by atoms with Crippen LogP contribution in [0.1, 0.15) is 50.5 Å². The van der Waals surface area contributed by atoms with Crippen LogP contribution in [-0.4, -0.2) is 83.8 Å². The predicted octanol–water partition coefficient (Wildman–Crippen LogP) is 2.66. The number of carbonyl (C=O) groups excluding carboxylic acids is 3. The van der Waals surface area contributed by atoms with Gasteiger partial charge in [-0.05, 0) is 53.3 Å². The third-order valence-electron chi connectivity index (χ3n) is 7.21. The van der Waals surface area contributed by atoms with Gasteiger partial charge in [0.2, 0.25) is 21.8 Å². The lowest BCUT2D eigenvalue weighted by molar-refractivity contribution is -0.141. The van der Waals surface area contributed by atoms with Crippen molar-refractivity contribution in [3.05, 3.63) is 90.3 Å². The number of sulfonamides is 1. The number of nitrogens with zero attached hydrogens (tertiary/aromatic N) is 3. The summed E-state index contributed by atoms with van der Waals surface area (Å²) in [5, 5.41) is 16.6. The molecule has 12 nitrogen and oxygen atoms in total. The summed E-state index contributed by atoms with van der Waals surface area (Å²) in [5.74, 6) is -1.58. The summed E-state index contributed by atoms with van der Waals surface area (Å²) in [6.07, 6.45) is 1.65. The van der Waals surface area contributed by atoms with E-state index in [1.165, 1.54) is 45.9 Å². The van der Waals surface area contributed by atoms with Gasteiger partial charge in [0.15, 0.2) is 0 Å². The molecule has 0 saturated heterocycles. The molecule has 1 aromatic heterocycles. The van der Waals surface area contributed by atoms with Crippen molar-refractivity contribution in [3.63, 3.8) is 0 Å². The molecule has 0 radical (unpaired) electrons. The van der Waals surface area contributed by atoms with Crippen molar-refractivity contribution in [2.45, 2.75) is 58.2 Å². The second kappa shape index (κ2) is 16.5. The lowest BCUT2D eigenvalue weighted by atomic mass is 9.85. The van der Waals surface area contributed by atoms with E-state index < -0.39 is 45.3 Å². The zero-order chi connectivity index (χ0) is 34.8. The largest absolute Gasteiger partial charge is 0.399 e. The van der Waals surface area contributed by atoms with Crippen LogP contribution in [-0.2, 0) is 26.2 Å². The molecule has 0 spiro atoms. The summed E-state index contributed by atoms with van der Waals surface area (Å²) in [6, 6.07) is 17.1. The maximum atomic E-state index is 14.2. The molecule has 0 bridgehead atoms. The molecule has 47 heavy (non-hydrogen) atoms. The summed E-state index contributed by atoms with van der Waals surface area (Å²) < 4.78 is 28.4. The third-order valence-corrected chi connectivity index (χ3v) is 9.06. The van der Waals surface area contributed by atoms with Crippen LogP contribution in [0.2, 0.25) is 0 Å². The lowest BCUT2D eigenvalue weighted by Crippen LogP contribution is -2.57. The molecule has 3 rings (SSSR count). The van der Waals surface area contributed by atoms with E-state index in [1.807, 2.05) is 44.2 Å². The van der Waals surface area contributed by atoms with Crippen LogP contribution in [0.5, 0.6) is 0 Å². The van der Waals surface area contributed by atoms with Crippen molar-refractivity contribution < 1.29 is 27.9 Å². The monoisotopic (exact) mass is 666 g/mol. The molecule has 254 valence electrons. The van der Waals surface area contributed by atoms with Gasteiger partial charge in [-0.15, -0.1) is 0 Å². The van der Waals surface area contributed by atoms with Gasteiger partial charge < -0.3 is 26.4 Å². The molecule has 0 aliphatic carbocycles. The van der Waals surface area contributed by atoms with Crippen molar-refractivity contribution in [2.75, 3.05) is 31.9 Å². The van der Waals surface area contributed by atoms with Gasteiger partial charge in [-0.2, -0.15) is 4.31 Å². The number of hydrogen-bond acceptors (Lipinski definition) is 8. The van der Waals surface area contributed by atoms with Crippen LogP contribution in [0.25, 0.3) is 0 Å². The Hall–Kier alpha value is -4.33. The van der Waals surface area contributed by atoms with Gasteiger partial charge in [0.1, 0.15) is 6.04 Å². The van der Waals surface area contributed by atoms with Gasteiger partial charge in [-0.25, -0.2) is 8.42 Å². The van der Waals surface area contributed by atoms with Gasteiger partial charge in [-0.3, -0.25) is 19.4 Å². The molecule has 2 aromatic carbocycles. The Morgan fingerprint density at radius 3 is 2.17 bits per heavy atom. The van der Waals surface area contributed by atoms with Crippen molar-refractivity contribution >= 4 is 33.4 Å². The zero-order valence-corrected chi connectivity index (χ0v) is 28.4. The first-order valence-electron chi connectivity index (χ1n) is 15.4. The van der Waals surface area contributed by atoms with E-state index in [4.69, 9.17) is 5.73 Å². The number of hydrogen-bond donors (Lipinski definition) is 4. The van der Waals surface area contributed by atoms with Crippen molar-refractivity contribution in [3.8, 4) is 0 Å². The number of amides is 3. The lowest BCUT2D eigenvalue weighted by Gasteiger charge is -2.36. The van der Waals surface area contributed by atoms with Gasteiger partial charge in [0.05, 0.1) is 23.1 Å². The molecule has 13 heteroatoms. The topological polar surface area (TPSA) is 175 Å². The number of nitrogens with one attached hydrogen (secondary N) is 2. The van der Waals surface area contributed by atoms with E-state index in [1.54, 1.807) is 32.9 Å². The smallest absolute Gasteiger partial charge is 0.253 e. The Kier molecular flexibility index (Phi) is 13.0. The quantitative estimate of drug-likeness (QED) is 0.179. The van der Waals surface area contributed by atoms with E-state index in [0.717, 1.165) is 5.56 Å². The van der Waals surface area contributed by atoms with Gasteiger partial charge in [0.25, 0.3) is 5.91 Å². The summed E-state index contributed by atoms with van der Waals surface area (Å²) >= 11 is 0. The average Bonchev–Trinajstić information content (AvgIpc) is 3.02. The first kappa shape index (κ1) is 37.1. The fourth-order valence-electron chi connectivity index (χ4n) is 4.85. The molecule has 0 aliphatic rings. The molecule has 2 atom stereocenters. The number of benzene rings is 2. The highest BCUT2D eigenvalue weighted by molar-refractivity contribution is 7.89. The summed E-state index contributed by atoms with van der Waals surface area (Å²) in [7, 11) is -3.99. The molecular formula is C34H46N6O6S. The second-order valence-electron chi connectivity index (χ2n) is 12.9. The normalized spacial score (nSPS) is 13.2. The van der Waals surface area contributed by atoms with Crippen LogP contribution in [0.4, 0.5) is 5.69 Å². The highest BCUT2D eigenvalue weighted by Gasteiger charge is 2.37. The molecule has 2 unspecified atom stereocenters. The number of pyridine rings is 1. The number of nitrogen functional groups attached to an aromatic ring is 1. The van der Waals surface area contributed by atoms with Gasteiger partial charge in [0, 0.05) is 44.3 Å². The minimum atomic E-state index is -3.99. The van der Waals surface area contributed by atoms with Crippen molar-refractivity contribution in [2.24, 2.45) is 11.3 Å². The minimum Gasteiger partial charge on any atom is -0.399 e. The molecule has 3 aromatic rings. The predicted molar refractivity (Wildman–Crippen MR) is 180 cm³/mol. The van der Waals surface area contributed by atoms with Crippen LogP contribution in [0.3, 0.4) is 0 Å². The molecule has 5 N–H and O–H groups in total. The first-order valence-corrected chi connectivity index (χ1v) is 16.9. The minimum absolute atomic E-state index is 0.0443. The summed E-state index contributed by atoms with van der Waals surface area (Å²) in [6.45, 7) is 8.53. The van der Waals surface area contributed by atoms with Crippen LogP contribution < -0.4 is 16.4 Å². The number of rotatable bonds is 15. The molecule has 3 amide bonds. The van der Waals surface area contributed by atoms with Crippen molar-refractivity contribution in [1.82, 2.24) is 24.8 Å². The Balaban J connectivity index is 1.83. The van der Waals surface area contributed by atoms with Crippen molar-refractivity contribution in [1.29, 1.82) is 0 Å². The summed E-state index contributed by atoms with van der Waals surface area (Å²) in [4.78, 5) is 45.0. The van der Waals surface area contributed by atoms with Crippen LogP contribution in [0.15, 0.2) is 84.0 Å². The van der Waals surface area contributed by atoms with E-state index >= 15 is 0 Å². The Labute approximate surface area is 277 Å². The Morgan fingerprint density at radius 1 is 0.936 bits per heavy atom. The van der Waals surface area contributed by atoms with E-state index in [-0.39, 0.29) is 49.1 Å². The van der Waals surface area contributed by atoms with E-state index in [0.29, 0.717) is 5.69 Å².